The molecule has 6 nitrogen and oxygen atoms in total. The molecular formula is C25H32N6S. The van der Waals surface area contributed by atoms with E-state index in [1.54, 1.807) is 11.3 Å². The third kappa shape index (κ3) is 4.58. The molecule has 3 heterocycles. The largest absolute Gasteiger partial charge is 0.378 e. The van der Waals surface area contributed by atoms with Crippen molar-refractivity contribution in [1.29, 1.82) is 0 Å². The summed E-state index contributed by atoms with van der Waals surface area (Å²) in [5.74, 6) is 1.74. The van der Waals surface area contributed by atoms with E-state index >= 15 is 0 Å². The van der Waals surface area contributed by atoms with Gasteiger partial charge in [-0.15, -0.1) is 11.3 Å². The minimum absolute atomic E-state index is 0.807. The molecular weight excluding hydrogens is 416 g/mol. The van der Waals surface area contributed by atoms with E-state index in [4.69, 9.17) is 4.98 Å². The van der Waals surface area contributed by atoms with E-state index in [1.165, 1.54) is 4.88 Å². The first-order valence-corrected chi connectivity index (χ1v) is 11.8. The zero-order valence-electron chi connectivity index (χ0n) is 19.6. The molecule has 32 heavy (non-hydrogen) atoms. The van der Waals surface area contributed by atoms with E-state index < -0.39 is 0 Å². The molecule has 1 aliphatic rings. The SMILES string of the molecule is C=C(Nc1nc(C)c(C)s1)N1CCCCN(C)c2ccc(-c3cccc(N(C)C)c3)nc21. The number of hydrogen-bond donors (Lipinski definition) is 1. The van der Waals surface area contributed by atoms with Gasteiger partial charge in [-0.25, -0.2) is 9.97 Å². The maximum Gasteiger partial charge on any atom is 0.188 e. The van der Waals surface area contributed by atoms with Crippen LogP contribution in [-0.2, 0) is 0 Å². The molecule has 3 aromatic rings. The van der Waals surface area contributed by atoms with Gasteiger partial charge in [-0.05, 0) is 51.0 Å². The minimum Gasteiger partial charge on any atom is -0.378 e. The van der Waals surface area contributed by atoms with Crippen LogP contribution in [0.5, 0.6) is 0 Å². The van der Waals surface area contributed by atoms with Crippen molar-refractivity contribution in [3.05, 3.63) is 59.4 Å². The van der Waals surface area contributed by atoms with Crippen LogP contribution in [0.15, 0.2) is 48.8 Å². The number of aromatic nitrogens is 2. The van der Waals surface area contributed by atoms with Crippen LogP contribution in [0.3, 0.4) is 0 Å². The summed E-state index contributed by atoms with van der Waals surface area (Å²) in [5.41, 5.74) is 5.39. The van der Waals surface area contributed by atoms with Crippen molar-refractivity contribution >= 4 is 33.7 Å². The summed E-state index contributed by atoms with van der Waals surface area (Å²) in [6, 6.07) is 12.8. The van der Waals surface area contributed by atoms with Gasteiger partial charge in [0.15, 0.2) is 10.9 Å². The smallest absolute Gasteiger partial charge is 0.188 e. The molecule has 0 aliphatic carbocycles. The number of thiazole rings is 1. The summed E-state index contributed by atoms with van der Waals surface area (Å²) in [6.45, 7) is 10.4. The Kier molecular flexibility index (Phi) is 6.37. The van der Waals surface area contributed by atoms with E-state index in [0.29, 0.717) is 0 Å². The molecule has 4 rings (SSSR count). The van der Waals surface area contributed by atoms with E-state index in [9.17, 15) is 0 Å². The van der Waals surface area contributed by atoms with Gasteiger partial charge in [0.2, 0.25) is 0 Å². The number of fused-ring (bicyclic) bond motifs is 1. The second kappa shape index (κ2) is 9.20. The maximum atomic E-state index is 5.15. The van der Waals surface area contributed by atoms with Crippen molar-refractivity contribution in [2.24, 2.45) is 0 Å². The summed E-state index contributed by atoms with van der Waals surface area (Å²) < 4.78 is 0. The Bertz CT molecular complexity index is 1100. The Morgan fingerprint density at radius 2 is 1.88 bits per heavy atom. The van der Waals surface area contributed by atoms with Crippen LogP contribution >= 0.6 is 11.3 Å². The number of rotatable bonds is 5. The summed E-state index contributed by atoms with van der Waals surface area (Å²) in [5, 5.41) is 4.31. The summed E-state index contributed by atoms with van der Waals surface area (Å²) in [6.07, 6.45) is 2.20. The van der Waals surface area contributed by atoms with Gasteiger partial charge in [0.25, 0.3) is 0 Å². The number of pyridine rings is 1. The number of nitrogens with one attached hydrogen (secondary N) is 1. The zero-order valence-corrected chi connectivity index (χ0v) is 20.5. The van der Waals surface area contributed by atoms with Crippen LogP contribution in [0.1, 0.15) is 23.4 Å². The Morgan fingerprint density at radius 1 is 1.09 bits per heavy atom. The molecule has 0 saturated carbocycles. The normalized spacial score (nSPS) is 13.9. The lowest BCUT2D eigenvalue weighted by molar-refractivity contribution is 0.688. The Labute approximate surface area is 195 Å². The van der Waals surface area contributed by atoms with Crippen molar-refractivity contribution in [3.63, 3.8) is 0 Å². The maximum absolute atomic E-state index is 5.15. The molecule has 1 aromatic carbocycles. The predicted octanol–water partition coefficient (Wildman–Crippen LogP) is 5.51. The standard InChI is InChI=1S/C25H32N6S/c1-17-18(2)32-25(26-17)27-19(3)31-15-8-7-14-30(6)23-13-12-22(28-24(23)31)20-10-9-11-21(16-20)29(4)5/h9-13,16H,3,7-8,14-15H2,1-2,4-6H3,(H,26,27). The molecule has 0 saturated heterocycles. The van der Waals surface area contributed by atoms with Gasteiger partial charge >= 0.3 is 0 Å². The molecule has 7 heteroatoms. The van der Waals surface area contributed by atoms with Crippen molar-refractivity contribution in [3.8, 4) is 11.3 Å². The van der Waals surface area contributed by atoms with Crippen LogP contribution in [0.25, 0.3) is 11.3 Å². The average molecular weight is 449 g/mol. The van der Waals surface area contributed by atoms with Gasteiger partial charge in [0.1, 0.15) is 5.82 Å². The van der Waals surface area contributed by atoms with Crippen LogP contribution in [0.4, 0.5) is 22.3 Å². The van der Waals surface area contributed by atoms with Crippen molar-refractivity contribution in [1.82, 2.24) is 9.97 Å². The minimum atomic E-state index is 0.807. The van der Waals surface area contributed by atoms with Crippen molar-refractivity contribution in [2.75, 3.05) is 54.2 Å². The molecule has 1 N–H and O–H groups in total. The fourth-order valence-corrected chi connectivity index (χ4v) is 4.70. The fourth-order valence-electron chi connectivity index (χ4n) is 3.87. The lowest BCUT2D eigenvalue weighted by Crippen LogP contribution is -2.33. The molecule has 0 fully saturated rings. The molecule has 0 spiro atoms. The van der Waals surface area contributed by atoms with Crippen molar-refractivity contribution < 1.29 is 0 Å². The van der Waals surface area contributed by atoms with Crippen molar-refractivity contribution in [2.45, 2.75) is 26.7 Å². The average Bonchev–Trinajstić information content (AvgIpc) is 3.08. The molecule has 0 radical (unpaired) electrons. The van der Waals surface area contributed by atoms with Crippen LogP contribution in [0, 0.1) is 13.8 Å². The molecule has 0 unspecified atom stereocenters. The van der Waals surface area contributed by atoms with Gasteiger partial charge in [-0.1, -0.05) is 18.7 Å². The summed E-state index contributed by atoms with van der Waals surface area (Å²) in [4.78, 5) is 17.6. The summed E-state index contributed by atoms with van der Waals surface area (Å²) in [7, 11) is 6.25. The second-order valence-corrected chi connectivity index (χ2v) is 9.70. The van der Waals surface area contributed by atoms with Gasteiger partial charge in [-0.2, -0.15) is 0 Å². The van der Waals surface area contributed by atoms with E-state index in [0.717, 1.165) is 71.0 Å². The summed E-state index contributed by atoms with van der Waals surface area (Å²) >= 11 is 1.66. The first-order chi connectivity index (χ1) is 15.3. The van der Waals surface area contributed by atoms with Crippen LogP contribution in [0.2, 0.25) is 0 Å². The van der Waals surface area contributed by atoms with E-state index in [1.807, 2.05) is 6.92 Å². The topological polar surface area (TPSA) is 47.5 Å². The number of anilines is 4. The van der Waals surface area contributed by atoms with Gasteiger partial charge in [0, 0.05) is 50.4 Å². The quantitative estimate of drug-likeness (QED) is 0.556. The second-order valence-electron chi connectivity index (χ2n) is 8.50. The number of nitrogens with zero attached hydrogens (tertiary/aromatic N) is 5. The molecule has 168 valence electrons. The van der Waals surface area contributed by atoms with Gasteiger partial charge in [-0.3, -0.25) is 0 Å². The van der Waals surface area contributed by atoms with Gasteiger partial charge in [0.05, 0.1) is 17.1 Å². The highest BCUT2D eigenvalue weighted by molar-refractivity contribution is 7.15. The fraction of sp³-hybridized carbons (Fsp3) is 0.360. The zero-order chi connectivity index (χ0) is 22.8. The molecule has 0 bridgehead atoms. The van der Waals surface area contributed by atoms with Gasteiger partial charge < -0.3 is 20.0 Å². The number of aryl methyl sites for hydroxylation is 2. The lowest BCUT2D eigenvalue weighted by atomic mass is 10.1. The highest BCUT2D eigenvalue weighted by Crippen LogP contribution is 2.35. The Balaban J connectivity index is 1.73. The molecule has 2 aromatic heterocycles. The first kappa shape index (κ1) is 22.1. The number of benzene rings is 1. The monoisotopic (exact) mass is 448 g/mol. The van der Waals surface area contributed by atoms with E-state index in [2.05, 4.69) is 96.0 Å². The van der Waals surface area contributed by atoms with E-state index in [-0.39, 0.29) is 0 Å². The number of hydrogen-bond acceptors (Lipinski definition) is 7. The Morgan fingerprint density at radius 3 is 2.59 bits per heavy atom. The predicted molar refractivity (Wildman–Crippen MR) is 138 cm³/mol. The highest BCUT2D eigenvalue weighted by Gasteiger charge is 2.22. The molecule has 0 amide bonds. The Hall–Kier alpha value is -3.06. The molecule has 1 aliphatic heterocycles. The van der Waals surface area contributed by atoms with Crippen LogP contribution in [-0.4, -0.2) is 44.2 Å². The lowest BCUT2D eigenvalue weighted by Gasteiger charge is -2.33. The third-order valence-electron chi connectivity index (χ3n) is 5.91. The first-order valence-electron chi connectivity index (χ1n) is 11.0. The molecule has 0 atom stereocenters. The van der Waals surface area contributed by atoms with Crippen LogP contribution < -0.4 is 20.0 Å². The third-order valence-corrected chi connectivity index (χ3v) is 6.90. The highest BCUT2D eigenvalue weighted by atomic mass is 32.1.